The molecule has 0 bridgehead atoms. The Labute approximate surface area is 86.3 Å². The predicted molar refractivity (Wildman–Crippen MR) is 54.6 cm³/mol. The Morgan fingerprint density at radius 3 is 2.85 bits per heavy atom. The van der Waals surface area contributed by atoms with Crippen LogP contribution < -0.4 is 4.74 Å². The van der Waals surface area contributed by atoms with Crippen LogP contribution in [0.5, 0.6) is 5.75 Å². The molecule has 0 radical (unpaired) electrons. The molecule has 0 spiro atoms. The zero-order valence-corrected chi connectivity index (χ0v) is 8.97. The topological polar surface area (TPSA) is 33.0 Å². The normalized spacial score (nSPS) is 9.31. The standard InChI is InChI=1S/C10H10BrNO/c1-2-13-10-4-3-8(5-6-12)7-9(10)11/h3-4,7H,2,5H2,1H3. The van der Waals surface area contributed by atoms with Gasteiger partial charge in [0, 0.05) is 0 Å². The van der Waals surface area contributed by atoms with Crippen molar-refractivity contribution in [2.75, 3.05) is 6.61 Å². The van der Waals surface area contributed by atoms with Crippen molar-refractivity contribution in [1.29, 1.82) is 5.26 Å². The molecule has 0 N–H and O–H groups in total. The van der Waals surface area contributed by atoms with Gasteiger partial charge in [0.2, 0.25) is 0 Å². The van der Waals surface area contributed by atoms with Crippen molar-refractivity contribution < 1.29 is 4.74 Å². The monoisotopic (exact) mass is 239 g/mol. The first-order valence-corrected chi connectivity index (χ1v) is 4.85. The van der Waals surface area contributed by atoms with Gasteiger partial charge in [-0.1, -0.05) is 6.07 Å². The van der Waals surface area contributed by atoms with E-state index in [2.05, 4.69) is 22.0 Å². The van der Waals surface area contributed by atoms with Gasteiger partial charge in [-0.3, -0.25) is 0 Å². The van der Waals surface area contributed by atoms with E-state index in [0.717, 1.165) is 15.8 Å². The smallest absolute Gasteiger partial charge is 0.133 e. The quantitative estimate of drug-likeness (QED) is 0.813. The Morgan fingerprint density at radius 2 is 2.31 bits per heavy atom. The fourth-order valence-electron chi connectivity index (χ4n) is 1.02. The van der Waals surface area contributed by atoms with Gasteiger partial charge < -0.3 is 4.74 Å². The van der Waals surface area contributed by atoms with Gasteiger partial charge in [-0.05, 0) is 40.5 Å². The van der Waals surface area contributed by atoms with Crippen LogP contribution in [-0.4, -0.2) is 6.61 Å². The molecule has 1 aromatic carbocycles. The molecule has 0 aliphatic heterocycles. The minimum absolute atomic E-state index is 0.436. The summed E-state index contributed by atoms with van der Waals surface area (Å²) in [7, 11) is 0. The van der Waals surface area contributed by atoms with Gasteiger partial charge in [-0.15, -0.1) is 0 Å². The van der Waals surface area contributed by atoms with Crippen molar-refractivity contribution in [3.63, 3.8) is 0 Å². The Balaban J connectivity index is 2.86. The first-order chi connectivity index (χ1) is 6.27. The van der Waals surface area contributed by atoms with Crippen molar-refractivity contribution in [2.45, 2.75) is 13.3 Å². The number of ether oxygens (including phenoxy) is 1. The Morgan fingerprint density at radius 1 is 1.54 bits per heavy atom. The summed E-state index contributed by atoms with van der Waals surface area (Å²) in [6, 6.07) is 7.79. The molecule has 0 amide bonds. The van der Waals surface area contributed by atoms with E-state index < -0.39 is 0 Å². The SMILES string of the molecule is CCOc1ccc(CC#N)cc1Br. The van der Waals surface area contributed by atoms with Gasteiger partial charge in [0.25, 0.3) is 0 Å². The van der Waals surface area contributed by atoms with E-state index in [4.69, 9.17) is 10.00 Å². The van der Waals surface area contributed by atoms with Crippen molar-refractivity contribution in [3.05, 3.63) is 28.2 Å². The second-order valence-electron chi connectivity index (χ2n) is 2.53. The number of rotatable bonds is 3. The molecule has 0 unspecified atom stereocenters. The average Bonchev–Trinajstić information content (AvgIpc) is 2.10. The largest absolute Gasteiger partial charge is 0.493 e. The molecular formula is C10H10BrNO. The van der Waals surface area contributed by atoms with E-state index in [0.29, 0.717) is 13.0 Å². The highest BCUT2D eigenvalue weighted by Crippen LogP contribution is 2.25. The molecule has 0 atom stereocenters. The van der Waals surface area contributed by atoms with E-state index in [1.807, 2.05) is 25.1 Å². The van der Waals surface area contributed by atoms with E-state index >= 15 is 0 Å². The molecule has 68 valence electrons. The number of hydrogen-bond donors (Lipinski definition) is 0. The highest BCUT2D eigenvalue weighted by molar-refractivity contribution is 9.10. The van der Waals surface area contributed by atoms with Crippen molar-refractivity contribution >= 4 is 15.9 Å². The molecule has 0 aliphatic carbocycles. The third-order valence-corrected chi connectivity index (χ3v) is 2.20. The lowest BCUT2D eigenvalue weighted by Gasteiger charge is -2.05. The maximum absolute atomic E-state index is 8.49. The fraction of sp³-hybridized carbons (Fsp3) is 0.300. The lowest BCUT2D eigenvalue weighted by atomic mass is 10.2. The van der Waals surface area contributed by atoms with E-state index in [9.17, 15) is 0 Å². The predicted octanol–water partition coefficient (Wildman–Crippen LogP) is 2.91. The van der Waals surface area contributed by atoms with Crippen LogP contribution in [0.25, 0.3) is 0 Å². The molecule has 1 rings (SSSR count). The molecule has 13 heavy (non-hydrogen) atoms. The van der Waals surface area contributed by atoms with Crippen molar-refractivity contribution in [2.24, 2.45) is 0 Å². The summed E-state index contributed by atoms with van der Waals surface area (Å²) in [5.74, 6) is 0.823. The number of nitriles is 1. The maximum Gasteiger partial charge on any atom is 0.133 e. The van der Waals surface area contributed by atoms with Gasteiger partial charge in [0.15, 0.2) is 0 Å². The summed E-state index contributed by atoms with van der Waals surface area (Å²) in [5, 5.41) is 8.49. The minimum atomic E-state index is 0.436. The van der Waals surface area contributed by atoms with Crippen LogP contribution >= 0.6 is 15.9 Å². The summed E-state index contributed by atoms with van der Waals surface area (Å²) in [5.41, 5.74) is 0.998. The van der Waals surface area contributed by atoms with Crippen LogP contribution in [0.3, 0.4) is 0 Å². The van der Waals surface area contributed by atoms with Gasteiger partial charge in [-0.25, -0.2) is 0 Å². The minimum Gasteiger partial charge on any atom is -0.493 e. The molecular weight excluding hydrogens is 230 g/mol. The number of halogens is 1. The maximum atomic E-state index is 8.49. The molecule has 2 nitrogen and oxygen atoms in total. The molecule has 0 fully saturated rings. The highest BCUT2D eigenvalue weighted by Gasteiger charge is 2.01. The number of nitrogens with zero attached hydrogens (tertiary/aromatic N) is 1. The van der Waals surface area contributed by atoms with Gasteiger partial charge in [0.05, 0.1) is 23.6 Å². The fourth-order valence-corrected chi connectivity index (χ4v) is 1.56. The average molecular weight is 240 g/mol. The lowest BCUT2D eigenvalue weighted by Crippen LogP contribution is -1.93. The second-order valence-corrected chi connectivity index (χ2v) is 3.39. The first kappa shape index (κ1) is 10.1. The Kier molecular flexibility index (Phi) is 3.78. The van der Waals surface area contributed by atoms with Crippen molar-refractivity contribution in [3.8, 4) is 11.8 Å². The van der Waals surface area contributed by atoms with Gasteiger partial charge in [-0.2, -0.15) is 5.26 Å². The first-order valence-electron chi connectivity index (χ1n) is 4.06. The van der Waals surface area contributed by atoms with E-state index in [-0.39, 0.29) is 0 Å². The van der Waals surface area contributed by atoms with E-state index in [1.54, 1.807) is 0 Å². The number of hydrogen-bond acceptors (Lipinski definition) is 2. The highest BCUT2D eigenvalue weighted by atomic mass is 79.9. The molecule has 1 aromatic rings. The second kappa shape index (κ2) is 4.88. The molecule has 0 saturated heterocycles. The van der Waals surface area contributed by atoms with Crippen LogP contribution in [0, 0.1) is 11.3 Å². The van der Waals surface area contributed by atoms with Crippen LogP contribution in [-0.2, 0) is 6.42 Å². The van der Waals surface area contributed by atoms with Crippen molar-refractivity contribution in [1.82, 2.24) is 0 Å². The lowest BCUT2D eigenvalue weighted by molar-refractivity contribution is 0.338. The molecule has 0 aliphatic rings. The zero-order valence-electron chi connectivity index (χ0n) is 7.38. The Bertz CT molecular complexity index is 330. The molecule has 0 saturated carbocycles. The van der Waals surface area contributed by atoms with Gasteiger partial charge >= 0.3 is 0 Å². The summed E-state index contributed by atoms with van der Waals surface area (Å²) < 4.78 is 6.24. The van der Waals surface area contributed by atoms with Crippen LogP contribution in [0.15, 0.2) is 22.7 Å². The number of benzene rings is 1. The van der Waals surface area contributed by atoms with Crippen LogP contribution in [0.1, 0.15) is 12.5 Å². The molecule has 3 heteroatoms. The molecule has 0 aromatic heterocycles. The van der Waals surface area contributed by atoms with E-state index in [1.165, 1.54) is 0 Å². The molecule has 0 heterocycles. The third kappa shape index (κ3) is 2.74. The summed E-state index contributed by atoms with van der Waals surface area (Å²) in [6.45, 7) is 2.59. The van der Waals surface area contributed by atoms with Gasteiger partial charge in [0.1, 0.15) is 5.75 Å². The van der Waals surface area contributed by atoms with Crippen LogP contribution in [0.4, 0.5) is 0 Å². The zero-order chi connectivity index (χ0) is 9.68. The summed E-state index contributed by atoms with van der Waals surface area (Å²) in [6.07, 6.45) is 0.436. The third-order valence-electron chi connectivity index (χ3n) is 1.58. The summed E-state index contributed by atoms with van der Waals surface area (Å²) in [4.78, 5) is 0. The summed E-state index contributed by atoms with van der Waals surface area (Å²) >= 11 is 3.38. The van der Waals surface area contributed by atoms with Crippen LogP contribution in [0.2, 0.25) is 0 Å². The Hall–Kier alpha value is -1.01.